The summed E-state index contributed by atoms with van der Waals surface area (Å²) < 4.78 is 13.0. The Kier molecular flexibility index (Phi) is 3.43. The molecule has 0 radical (unpaired) electrons. The average Bonchev–Trinajstić information content (AvgIpc) is 2.90. The Labute approximate surface area is 117 Å². The second-order valence-electron chi connectivity index (χ2n) is 4.88. The van der Waals surface area contributed by atoms with Crippen LogP contribution in [-0.2, 0) is 0 Å². The van der Waals surface area contributed by atoms with Gasteiger partial charge in [0.1, 0.15) is 5.82 Å². The first-order valence-corrected chi connectivity index (χ1v) is 6.89. The quantitative estimate of drug-likeness (QED) is 0.759. The van der Waals surface area contributed by atoms with Crippen molar-refractivity contribution < 1.29 is 4.39 Å². The minimum absolute atomic E-state index is 0.181. The van der Waals surface area contributed by atoms with Gasteiger partial charge in [-0.3, -0.25) is 0 Å². The van der Waals surface area contributed by atoms with Gasteiger partial charge in [0.05, 0.1) is 6.04 Å². The fraction of sp³-hybridized carbons (Fsp3) is 0.250. The Morgan fingerprint density at radius 3 is 2.37 bits per heavy atom. The van der Waals surface area contributed by atoms with Gasteiger partial charge in [-0.05, 0) is 54.8 Å². The van der Waals surface area contributed by atoms with Crippen molar-refractivity contribution in [1.29, 1.82) is 0 Å². The first-order chi connectivity index (χ1) is 9.24. The van der Waals surface area contributed by atoms with Crippen LogP contribution in [0.15, 0.2) is 48.5 Å². The lowest BCUT2D eigenvalue weighted by atomic mass is 10.0. The van der Waals surface area contributed by atoms with Crippen molar-refractivity contribution in [1.82, 2.24) is 0 Å². The molecule has 1 atom stereocenters. The lowest BCUT2D eigenvalue weighted by Crippen LogP contribution is -2.22. The number of halogens is 2. The van der Waals surface area contributed by atoms with Gasteiger partial charge in [0.25, 0.3) is 0 Å². The first kappa shape index (κ1) is 12.5. The summed E-state index contributed by atoms with van der Waals surface area (Å²) >= 11 is 5.93. The molecule has 3 rings (SSSR count). The van der Waals surface area contributed by atoms with E-state index < -0.39 is 0 Å². The molecule has 1 unspecified atom stereocenters. The zero-order chi connectivity index (χ0) is 13.2. The van der Waals surface area contributed by atoms with E-state index >= 15 is 0 Å². The van der Waals surface area contributed by atoms with E-state index in [0.29, 0.717) is 6.04 Å². The predicted molar refractivity (Wildman–Crippen MR) is 77.2 cm³/mol. The lowest BCUT2D eigenvalue weighted by Gasteiger charge is -2.27. The van der Waals surface area contributed by atoms with Crippen molar-refractivity contribution in [3.8, 4) is 0 Å². The number of benzene rings is 2. The molecule has 0 aliphatic carbocycles. The Balaban J connectivity index is 1.89. The molecule has 2 aromatic rings. The molecule has 1 nitrogen and oxygen atoms in total. The minimum atomic E-state index is -0.181. The van der Waals surface area contributed by atoms with E-state index in [1.165, 1.54) is 23.4 Å². The molecule has 0 amide bonds. The summed E-state index contributed by atoms with van der Waals surface area (Å²) in [5, 5.41) is 0.751. The van der Waals surface area contributed by atoms with Crippen LogP contribution in [0.25, 0.3) is 0 Å². The molecular formula is C16H15ClFN. The normalized spacial score (nSPS) is 18.8. The van der Waals surface area contributed by atoms with E-state index in [4.69, 9.17) is 11.6 Å². The van der Waals surface area contributed by atoms with Crippen LogP contribution < -0.4 is 4.90 Å². The predicted octanol–water partition coefficient (Wildman–Crippen LogP) is 4.82. The third kappa shape index (κ3) is 2.59. The summed E-state index contributed by atoms with van der Waals surface area (Å²) in [5.41, 5.74) is 2.35. The zero-order valence-electron chi connectivity index (χ0n) is 10.5. The van der Waals surface area contributed by atoms with Gasteiger partial charge in [-0.1, -0.05) is 23.7 Å². The summed E-state index contributed by atoms with van der Waals surface area (Å²) in [5.74, 6) is -0.181. The number of hydrogen-bond acceptors (Lipinski definition) is 1. The second-order valence-corrected chi connectivity index (χ2v) is 5.32. The van der Waals surface area contributed by atoms with Crippen LogP contribution in [0.5, 0.6) is 0 Å². The van der Waals surface area contributed by atoms with Gasteiger partial charge >= 0.3 is 0 Å². The third-order valence-corrected chi connectivity index (χ3v) is 3.92. The van der Waals surface area contributed by atoms with Crippen LogP contribution in [0.3, 0.4) is 0 Å². The number of anilines is 1. The molecule has 2 aromatic carbocycles. The molecule has 1 heterocycles. The molecule has 1 aliphatic heterocycles. The van der Waals surface area contributed by atoms with E-state index in [1.807, 2.05) is 36.4 Å². The summed E-state index contributed by atoms with van der Waals surface area (Å²) in [7, 11) is 0. The highest BCUT2D eigenvalue weighted by molar-refractivity contribution is 6.30. The van der Waals surface area contributed by atoms with E-state index in [-0.39, 0.29) is 5.82 Å². The second kappa shape index (κ2) is 5.22. The standard InChI is InChI=1S/C16H15ClFN/c17-13-5-9-15(10-6-13)19-11-1-2-16(19)12-3-7-14(18)8-4-12/h3-10,16H,1-2,11H2. The highest BCUT2D eigenvalue weighted by Gasteiger charge is 2.26. The van der Waals surface area contributed by atoms with Crippen LogP contribution in [0, 0.1) is 5.82 Å². The Hall–Kier alpha value is -1.54. The molecule has 98 valence electrons. The fourth-order valence-electron chi connectivity index (χ4n) is 2.74. The SMILES string of the molecule is Fc1ccc(C2CCCN2c2ccc(Cl)cc2)cc1. The fourth-order valence-corrected chi connectivity index (χ4v) is 2.87. The topological polar surface area (TPSA) is 3.24 Å². The average molecular weight is 276 g/mol. The van der Waals surface area contributed by atoms with Crippen molar-refractivity contribution in [2.75, 3.05) is 11.4 Å². The van der Waals surface area contributed by atoms with Crippen molar-refractivity contribution in [2.24, 2.45) is 0 Å². The van der Waals surface area contributed by atoms with Gasteiger partial charge < -0.3 is 4.90 Å². The number of rotatable bonds is 2. The van der Waals surface area contributed by atoms with Gasteiger partial charge in [0, 0.05) is 17.3 Å². The summed E-state index contributed by atoms with van der Waals surface area (Å²) in [6, 6.07) is 15.1. The lowest BCUT2D eigenvalue weighted by molar-refractivity contribution is 0.624. The van der Waals surface area contributed by atoms with E-state index in [2.05, 4.69) is 4.90 Å². The highest BCUT2D eigenvalue weighted by Crippen LogP contribution is 2.36. The molecule has 0 aromatic heterocycles. The molecule has 1 aliphatic rings. The van der Waals surface area contributed by atoms with E-state index in [0.717, 1.165) is 24.4 Å². The summed E-state index contributed by atoms with van der Waals surface area (Å²) in [6.07, 6.45) is 2.26. The first-order valence-electron chi connectivity index (χ1n) is 6.52. The molecule has 0 bridgehead atoms. The van der Waals surface area contributed by atoms with Gasteiger partial charge in [0.15, 0.2) is 0 Å². The van der Waals surface area contributed by atoms with Crippen LogP contribution in [0.1, 0.15) is 24.4 Å². The van der Waals surface area contributed by atoms with E-state index in [9.17, 15) is 4.39 Å². The van der Waals surface area contributed by atoms with Gasteiger partial charge in [-0.15, -0.1) is 0 Å². The molecule has 0 saturated carbocycles. The Morgan fingerprint density at radius 2 is 1.68 bits per heavy atom. The van der Waals surface area contributed by atoms with Crippen LogP contribution in [-0.4, -0.2) is 6.54 Å². The molecule has 0 N–H and O–H groups in total. The molecular weight excluding hydrogens is 261 g/mol. The number of nitrogens with zero attached hydrogens (tertiary/aromatic N) is 1. The van der Waals surface area contributed by atoms with E-state index in [1.54, 1.807) is 0 Å². The van der Waals surface area contributed by atoms with Crippen molar-refractivity contribution in [3.05, 3.63) is 64.9 Å². The molecule has 3 heteroatoms. The zero-order valence-corrected chi connectivity index (χ0v) is 11.3. The Bertz CT molecular complexity index is 498. The highest BCUT2D eigenvalue weighted by atomic mass is 35.5. The van der Waals surface area contributed by atoms with Crippen molar-refractivity contribution >= 4 is 17.3 Å². The van der Waals surface area contributed by atoms with Crippen molar-refractivity contribution in [2.45, 2.75) is 18.9 Å². The molecule has 19 heavy (non-hydrogen) atoms. The van der Waals surface area contributed by atoms with Gasteiger partial charge in [0.2, 0.25) is 0 Å². The van der Waals surface area contributed by atoms with Gasteiger partial charge in [-0.25, -0.2) is 4.39 Å². The maximum Gasteiger partial charge on any atom is 0.123 e. The number of hydrogen-bond donors (Lipinski definition) is 0. The Morgan fingerprint density at radius 1 is 1.00 bits per heavy atom. The molecule has 1 saturated heterocycles. The molecule has 1 fully saturated rings. The maximum absolute atomic E-state index is 13.0. The van der Waals surface area contributed by atoms with Crippen LogP contribution in [0.2, 0.25) is 5.02 Å². The van der Waals surface area contributed by atoms with Gasteiger partial charge in [-0.2, -0.15) is 0 Å². The van der Waals surface area contributed by atoms with Crippen molar-refractivity contribution in [3.63, 3.8) is 0 Å². The summed E-state index contributed by atoms with van der Waals surface area (Å²) in [6.45, 7) is 1.03. The third-order valence-electron chi connectivity index (χ3n) is 3.67. The van der Waals surface area contributed by atoms with Crippen LogP contribution >= 0.6 is 11.6 Å². The smallest absolute Gasteiger partial charge is 0.123 e. The maximum atomic E-state index is 13.0. The molecule has 0 spiro atoms. The minimum Gasteiger partial charge on any atom is -0.364 e. The monoisotopic (exact) mass is 275 g/mol. The summed E-state index contributed by atoms with van der Waals surface area (Å²) in [4.78, 5) is 2.36. The van der Waals surface area contributed by atoms with Crippen LogP contribution in [0.4, 0.5) is 10.1 Å². The largest absolute Gasteiger partial charge is 0.364 e.